The lowest BCUT2D eigenvalue weighted by Crippen LogP contribution is -2.44. The van der Waals surface area contributed by atoms with Crippen LogP contribution < -0.4 is 10.6 Å². The molecule has 0 saturated carbocycles. The van der Waals surface area contributed by atoms with Crippen LogP contribution >= 0.6 is 11.6 Å². The van der Waals surface area contributed by atoms with E-state index in [9.17, 15) is 4.79 Å². The number of nitrogens with one attached hydrogen (secondary N) is 2. The van der Waals surface area contributed by atoms with Crippen LogP contribution in [-0.4, -0.2) is 25.5 Å². The molecule has 1 aromatic carbocycles. The number of rotatable bonds is 4. The van der Waals surface area contributed by atoms with Crippen LogP contribution in [0.15, 0.2) is 24.3 Å². The topological polar surface area (TPSA) is 41.1 Å². The third-order valence-electron chi connectivity index (χ3n) is 4.06. The number of carbonyl (C=O) groups excluding carboxylic acids is 1. The van der Waals surface area contributed by atoms with E-state index in [1.165, 1.54) is 12.8 Å². The number of hydrogen-bond acceptors (Lipinski definition) is 2. The summed E-state index contributed by atoms with van der Waals surface area (Å²) in [5.41, 5.74) is 0.386. The molecule has 2 N–H and O–H groups in total. The van der Waals surface area contributed by atoms with E-state index in [0.717, 1.165) is 25.2 Å². The number of amides is 1. The maximum atomic E-state index is 12.4. The Morgan fingerprint density at radius 1 is 1.50 bits per heavy atom. The summed E-state index contributed by atoms with van der Waals surface area (Å²) in [6.45, 7) is 6.71. The number of carbonyl (C=O) groups is 1. The fraction of sp³-hybridized carbons (Fsp3) is 0.562. The Balaban J connectivity index is 1.96. The Hall–Kier alpha value is -1.06. The number of piperidine rings is 1. The number of benzene rings is 1. The molecular weight excluding hydrogens is 272 g/mol. The Labute approximate surface area is 126 Å². The highest BCUT2D eigenvalue weighted by Crippen LogP contribution is 2.26. The van der Waals surface area contributed by atoms with Crippen molar-refractivity contribution in [1.82, 2.24) is 10.6 Å². The minimum atomic E-state index is -0.563. The Morgan fingerprint density at radius 2 is 2.30 bits per heavy atom. The van der Waals surface area contributed by atoms with Crippen molar-refractivity contribution in [2.45, 2.75) is 32.1 Å². The molecule has 0 aromatic heterocycles. The van der Waals surface area contributed by atoms with Gasteiger partial charge >= 0.3 is 0 Å². The summed E-state index contributed by atoms with van der Waals surface area (Å²) in [7, 11) is 0. The first-order valence-corrected chi connectivity index (χ1v) is 7.63. The second kappa shape index (κ2) is 6.59. The lowest BCUT2D eigenvalue weighted by atomic mass is 9.83. The predicted molar refractivity (Wildman–Crippen MR) is 83.1 cm³/mol. The first-order chi connectivity index (χ1) is 9.50. The minimum absolute atomic E-state index is 0.0605. The smallest absolute Gasteiger partial charge is 0.230 e. The van der Waals surface area contributed by atoms with Gasteiger partial charge in [0.15, 0.2) is 0 Å². The molecule has 1 aromatic rings. The SMILES string of the molecule is CC(C)(C(=O)NCC1CCCNC1)c1cccc(Cl)c1. The van der Waals surface area contributed by atoms with E-state index in [1.54, 1.807) is 0 Å². The van der Waals surface area contributed by atoms with Crippen LogP contribution in [0.3, 0.4) is 0 Å². The van der Waals surface area contributed by atoms with Crippen LogP contribution in [0.4, 0.5) is 0 Å². The van der Waals surface area contributed by atoms with Gasteiger partial charge in [0.25, 0.3) is 0 Å². The van der Waals surface area contributed by atoms with Crippen molar-refractivity contribution in [2.75, 3.05) is 19.6 Å². The molecule has 1 atom stereocenters. The highest BCUT2D eigenvalue weighted by atomic mass is 35.5. The van der Waals surface area contributed by atoms with E-state index in [4.69, 9.17) is 11.6 Å². The quantitative estimate of drug-likeness (QED) is 0.896. The highest BCUT2D eigenvalue weighted by Gasteiger charge is 2.30. The molecule has 1 amide bonds. The second-order valence-electron chi connectivity index (χ2n) is 6.06. The van der Waals surface area contributed by atoms with Gasteiger partial charge in [0.1, 0.15) is 0 Å². The van der Waals surface area contributed by atoms with Crippen molar-refractivity contribution >= 4 is 17.5 Å². The summed E-state index contributed by atoms with van der Waals surface area (Å²) < 4.78 is 0. The first kappa shape index (κ1) is 15.3. The third kappa shape index (κ3) is 3.74. The van der Waals surface area contributed by atoms with Crippen LogP contribution in [0, 0.1) is 5.92 Å². The van der Waals surface area contributed by atoms with E-state index < -0.39 is 5.41 Å². The van der Waals surface area contributed by atoms with Crippen LogP contribution in [0.25, 0.3) is 0 Å². The molecule has 1 heterocycles. The Kier molecular flexibility index (Phi) is 5.06. The zero-order chi connectivity index (χ0) is 14.6. The standard InChI is InChI=1S/C16H23ClN2O/c1-16(2,13-6-3-7-14(17)9-13)15(20)19-11-12-5-4-8-18-10-12/h3,6-7,9,12,18H,4-5,8,10-11H2,1-2H3,(H,19,20). The molecule has 2 rings (SSSR count). The largest absolute Gasteiger partial charge is 0.355 e. The maximum absolute atomic E-state index is 12.4. The summed E-state index contributed by atoms with van der Waals surface area (Å²) in [4.78, 5) is 12.4. The summed E-state index contributed by atoms with van der Waals surface area (Å²) in [5, 5.41) is 7.12. The van der Waals surface area contributed by atoms with Gasteiger partial charge in [-0.3, -0.25) is 4.79 Å². The summed E-state index contributed by atoms with van der Waals surface area (Å²) >= 11 is 6.01. The molecule has 4 heteroatoms. The van der Waals surface area contributed by atoms with Crippen LogP contribution in [0.2, 0.25) is 5.02 Å². The summed E-state index contributed by atoms with van der Waals surface area (Å²) in [5.74, 6) is 0.605. The predicted octanol–water partition coefficient (Wildman–Crippen LogP) is 2.73. The molecule has 0 spiro atoms. The van der Waals surface area contributed by atoms with Gasteiger partial charge in [-0.2, -0.15) is 0 Å². The fourth-order valence-electron chi connectivity index (χ4n) is 2.56. The van der Waals surface area contributed by atoms with Crippen LogP contribution in [-0.2, 0) is 10.2 Å². The lowest BCUT2D eigenvalue weighted by molar-refractivity contribution is -0.125. The van der Waals surface area contributed by atoms with Crippen molar-refractivity contribution in [3.8, 4) is 0 Å². The van der Waals surface area contributed by atoms with Gasteiger partial charge in [-0.1, -0.05) is 23.7 Å². The zero-order valence-corrected chi connectivity index (χ0v) is 13.0. The van der Waals surface area contributed by atoms with E-state index in [-0.39, 0.29) is 5.91 Å². The van der Waals surface area contributed by atoms with Crippen molar-refractivity contribution < 1.29 is 4.79 Å². The van der Waals surface area contributed by atoms with Crippen molar-refractivity contribution in [1.29, 1.82) is 0 Å². The molecule has 0 radical (unpaired) electrons. The average molecular weight is 295 g/mol. The van der Waals surface area contributed by atoms with Crippen LogP contribution in [0.5, 0.6) is 0 Å². The molecule has 1 unspecified atom stereocenters. The van der Waals surface area contributed by atoms with Crippen molar-refractivity contribution in [3.63, 3.8) is 0 Å². The number of hydrogen-bond donors (Lipinski definition) is 2. The van der Waals surface area contributed by atoms with Gasteiger partial charge in [-0.15, -0.1) is 0 Å². The maximum Gasteiger partial charge on any atom is 0.230 e. The molecular formula is C16H23ClN2O. The molecule has 3 nitrogen and oxygen atoms in total. The van der Waals surface area contributed by atoms with E-state index in [2.05, 4.69) is 10.6 Å². The normalized spacial score (nSPS) is 19.6. The first-order valence-electron chi connectivity index (χ1n) is 7.25. The van der Waals surface area contributed by atoms with Gasteiger partial charge < -0.3 is 10.6 Å². The third-order valence-corrected chi connectivity index (χ3v) is 4.30. The van der Waals surface area contributed by atoms with E-state index in [1.807, 2.05) is 38.1 Å². The summed E-state index contributed by atoms with van der Waals surface area (Å²) in [6, 6.07) is 7.53. The minimum Gasteiger partial charge on any atom is -0.355 e. The van der Waals surface area contributed by atoms with Gasteiger partial charge in [0.05, 0.1) is 5.41 Å². The lowest BCUT2D eigenvalue weighted by Gasteiger charge is -2.27. The van der Waals surface area contributed by atoms with E-state index >= 15 is 0 Å². The van der Waals surface area contributed by atoms with Gasteiger partial charge in [0.2, 0.25) is 5.91 Å². The molecule has 0 aliphatic carbocycles. The fourth-order valence-corrected chi connectivity index (χ4v) is 2.75. The molecule has 0 bridgehead atoms. The van der Waals surface area contributed by atoms with Crippen molar-refractivity contribution in [2.24, 2.45) is 5.92 Å². The zero-order valence-electron chi connectivity index (χ0n) is 12.2. The Bertz CT molecular complexity index is 467. The van der Waals surface area contributed by atoms with Gasteiger partial charge in [0, 0.05) is 11.6 Å². The summed E-state index contributed by atoms with van der Waals surface area (Å²) in [6.07, 6.45) is 2.38. The molecule has 1 fully saturated rings. The van der Waals surface area contributed by atoms with E-state index in [0.29, 0.717) is 10.9 Å². The van der Waals surface area contributed by atoms with Gasteiger partial charge in [-0.05, 0) is 63.4 Å². The van der Waals surface area contributed by atoms with Crippen molar-refractivity contribution in [3.05, 3.63) is 34.9 Å². The second-order valence-corrected chi connectivity index (χ2v) is 6.49. The monoisotopic (exact) mass is 294 g/mol. The highest BCUT2D eigenvalue weighted by molar-refractivity contribution is 6.30. The molecule has 1 saturated heterocycles. The average Bonchev–Trinajstić information content (AvgIpc) is 2.45. The number of halogens is 1. The molecule has 1 aliphatic heterocycles. The Morgan fingerprint density at radius 3 is 2.95 bits per heavy atom. The molecule has 1 aliphatic rings. The van der Waals surface area contributed by atoms with Crippen LogP contribution in [0.1, 0.15) is 32.3 Å². The molecule has 110 valence electrons. The van der Waals surface area contributed by atoms with Gasteiger partial charge in [-0.25, -0.2) is 0 Å². The molecule has 20 heavy (non-hydrogen) atoms.